The molecule has 0 unspecified atom stereocenters. The third-order valence-electron chi connectivity index (χ3n) is 3.20. The van der Waals surface area contributed by atoms with Crippen LogP contribution in [0.2, 0.25) is 6.04 Å². The molecule has 0 saturated heterocycles. The maximum atomic E-state index is 9.63. The molecule has 0 amide bonds. The van der Waals surface area contributed by atoms with Crippen molar-refractivity contribution in [2.45, 2.75) is 58.9 Å². The second kappa shape index (κ2) is 21.9. The normalized spacial score (nSPS) is 10.3. The molecule has 0 aromatic rings. The minimum atomic E-state index is -2.40. The Kier molecular flexibility index (Phi) is 22.7. The predicted octanol–water partition coefficient (Wildman–Crippen LogP) is 2.60. The van der Waals surface area contributed by atoms with Crippen molar-refractivity contribution in [3.8, 4) is 0 Å². The zero-order chi connectivity index (χ0) is 19.9. The fourth-order valence-electron chi connectivity index (χ4n) is 2.15. The highest BCUT2D eigenvalue weighted by Gasteiger charge is 2.39. The number of isocyanates is 2. The third kappa shape index (κ3) is 17.6. The Morgan fingerprint density at radius 1 is 0.769 bits per heavy atom. The first-order valence-corrected chi connectivity index (χ1v) is 11.3. The summed E-state index contributed by atoms with van der Waals surface area (Å²) in [5, 5.41) is 0. The van der Waals surface area contributed by atoms with Gasteiger partial charge < -0.3 is 19.0 Å². The molecule has 0 aromatic carbocycles. The Morgan fingerprint density at radius 2 is 1.19 bits per heavy atom. The van der Waals surface area contributed by atoms with Gasteiger partial charge in [0.15, 0.2) is 0 Å². The van der Waals surface area contributed by atoms with Crippen LogP contribution in [0.3, 0.4) is 0 Å². The lowest BCUT2D eigenvalue weighted by Crippen LogP contribution is -2.46. The second-order valence-corrected chi connectivity index (χ2v) is 7.97. The van der Waals surface area contributed by atoms with Crippen LogP contribution in [0.5, 0.6) is 0 Å². The Labute approximate surface area is 158 Å². The molecule has 0 spiro atoms. The van der Waals surface area contributed by atoms with E-state index in [2.05, 4.69) is 9.98 Å². The third-order valence-corrected chi connectivity index (χ3v) is 6.35. The van der Waals surface area contributed by atoms with Crippen LogP contribution in [0.4, 0.5) is 0 Å². The highest BCUT2D eigenvalue weighted by atomic mass is 28.4. The van der Waals surface area contributed by atoms with Crippen LogP contribution < -0.4 is 5.73 Å². The van der Waals surface area contributed by atoms with E-state index in [4.69, 9.17) is 19.0 Å². The van der Waals surface area contributed by atoms with Gasteiger partial charge in [0.1, 0.15) is 0 Å². The van der Waals surface area contributed by atoms with Crippen molar-refractivity contribution in [1.82, 2.24) is 0 Å². The zero-order valence-electron chi connectivity index (χ0n) is 16.5. The van der Waals surface area contributed by atoms with Crippen LogP contribution in [0.15, 0.2) is 9.98 Å². The van der Waals surface area contributed by atoms with Crippen molar-refractivity contribution in [1.29, 1.82) is 0 Å². The Hall–Kier alpha value is -1.18. The van der Waals surface area contributed by atoms with Gasteiger partial charge in [-0.25, -0.2) is 19.6 Å². The van der Waals surface area contributed by atoms with Crippen LogP contribution in [0.1, 0.15) is 52.9 Å². The van der Waals surface area contributed by atoms with Crippen LogP contribution >= 0.6 is 0 Å². The number of nitrogens with two attached hydrogens (primary N) is 1. The summed E-state index contributed by atoms with van der Waals surface area (Å²) >= 11 is 0. The summed E-state index contributed by atoms with van der Waals surface area (Å²) in [4.78, 5) is 26.1. The van der Waals surface area contributed by atoms with Crippen molar-refractivity contribution >= 4 is 21.0 Å². The summed E-state index contributed by atoms with van der Waals surface area (Å²) < 4.78 is 17.0. The molecule has 0 bridgehead atoms. The molecule has 0 aromatic heterocycles. The number of hydrogen-bond acceptors (Lipinski definition) is 8. The number of nitrogens with zero attached hydrogens (tertiary/aromatic N) is 2. The van der Waals surface area contributed by atoms with E-state index in [0.717, 1.165) is 38.1 Å². The molecule has 0 aliphatic carbocycles. The van der Waals surface area contributed by atoms with Crippen LogP contribution in [0.25, 0.3) is 0 Å². The standard InChI is InChI=1S/C9H23NO3Si.C8H12N2O2/c1-4-11-14(12-5-2,13-6-3)9-7-8-10;11-7-9-5-3-1-2-4-6-10-8-12/h4-10H2,1-3H3;1-6H2. The molecular weight excluding hydrogens is 354 g/mol. The van der Waals surface area contributed by atoms with Gasteiger partial charge in [-0.05, 0) is 46.6 Å². The molecule has 0 radical (unpaired) electrons. The molecule has 0 aliphatic rings. The highest BCUT2D eigenvalue weighted by Crippen LogP contribution is 2.17. The van der Waals surface area contributed by atoms with Crippen molar-refractivity contribution in [2.75, 3.05) is 39.5 Å². The van der Waals surface area contributed by atoms with Crippen LogP contribution in [-0.4, -0.2) is 60.4 Å². The van der Waals surface area contributed by atoms with Crippen molar-refractivity contribution in [3.05, 3.63) is 0 Å². The predicted molar refractivity (Wildman–Crippen MR) is 104 cm³/mol. The van der Waals surface area contributed by atoms with Gasteiger partial charge in [-0.3, -0.25) is 0 Å². The van der Waals surface area contributed by atoms with E-state index in [9.17, 15) is 9.59 Å². The highest BCUT2D eigenvalue weighted by molar-refractivity contribution is 6.60. The number of carbonyl (C=O) groups excluding carboxylic acids is 2. The summed E-state index contributed by atoms with van der Waals surface area (Å²) in [5.41, 5.74) is 5.48. The molecule has 9 heteroatoms. The van der Waals surface area contributed by atoms with E-state index in [-0.39, 0.29) is 0 Å². The number of hydrogen-bond donors (Lipinski definition) is 1. The van der Waals surface area contributed by atoms with Crippen molar-refractivity contribution in [3.63, 3.8) is 0 Å². The first-order chi connectivity index (χ1) is 12.7. The fraction of sp³-hybridized carbons (Fsp3) is 0.882. The molecule has 8 nitrogen and oxygen atoms in total. The summed E-state index contributed by atoms with van der Waals surface area (Å²) in [6, 6.07) is 0.818. The topological polar surface area (TPSA) is 113 Å². The quantitative estimate of drug-likeness (QED) is 0.188. The van der Waals surface area contributed by atoms with E-state index in [0.29, 0.717) is 39.5 Å². The molecule has 0 atom stereocenters. The van der Waals surface area contributed by atoms with Crippen LogP contribution in [-0.2, 0) is 22.9 Å². The lowest BCUT2D eigenvalue weighted by atomic mass is 10.2. The zero-order valence-corrected chi connectivity index (χ0v) is 17.5. The number of aliphatic imine (C=N–C) groups is 2. The fourth-order valence-corrected chi connectivity index (χ4v) is 4.79. The van der Waals surface area contributed by atoms with Crippen molar-refractivity contribution in [2.24, 2.45) is 15.7 Å². The maximum absolute atomic E-state index is 9.63. The molecule has 0 fully saturated rings. The van der Waals surface area contributed by atoms with E-state index in [1.165, 1.54) is 12.2 Å². The van der Waals surface area contributed by atoms with E-state index >= 15 is 0 Å². The number of unbranched alkanes of at least 4 members (excludes halogenated alkanes) is 3. The molecular formula is C17H35N3O5Si. The number of rotatable bonds is 16. The van der Waals surface area contributed by atoms with Crippen molar-refractivity contribution < 1.29 is 22.9 Å². The molecule has 0 rings (SSSR count). The van der Waals surface area contributed by atoms with Gasteiger partial charge in [0, 0.05) is 25.9 Å². The summed E-state index contributed by atoms with van der Waals surface area (Å²) in [6.45, 7) is 9.56. The van der Waals surface area contributed by atoms with Gasteiger partial charge in [-0.1, -0.05) is 12.8 Å². The lowest BCUT2D eigenvalue weighted by Gasteiger charge is -2.28. The Bertz CT molecular complexity index is 361. The average Bonchev–Trinajstić information content (AvgIpc) is 2.63. The first kappa shape index (κ1) is 27.0. The Morgan fingerprint density at radius 3 is 1.50 bits per heavy atom. The molecule has 26 heavy (non-hydrogen) atoms. The largest absolute Gasteiger partial charge is 0.500 e. The van der Waals surface area contributed by atoms with Gasteiger partial charge in [0.25, 0.3) is 0 Å². The first-order valence-electron chi connectivity index (χ1n) is 9.35. The van der Waals surface area contributed by atoms with Gasteiger partial charge in [0.2, 0.25) is 12.2 Å². The van der Waals surface area contributed by atoms with Crippen LogP contribution in [0, 0.1) is 0 Å². The maximum Gasteiger partial charge on any atom is 0.500 e. The smallest absolute Gasteiger partial charge is 0.374 e. The van der Waals surface area contributed by atoms with E-state index < -0.39 is 8.80 Å². The van der Waals surface area contributed by atoms with Gasteiger partial charge in [-0.15, -0.1) is 0 Å². The van der Waals surface area contributed by atoms with E-state index in [1.807, 2.05) is 20.8 Å². The van der Waals surface area contributed by atoms with E-state index in [1.54, 1.807) is 0 Å². The van der Waals surface area contributed by atoms with Gasteiger partial charge in [0.05, 0.1) is 13.1 Å². The summed E-state index contributed by atoms with van der Waals surface area (Å²) in [5.74, 6) is 0. The lowest BCUT2D eigenvalue weighted by molar-refractivity contribution is 0.0710. The van der Waals surface area contributed by atoms with Gasteiger partial charge in [-0.2, -0.15) is 0 Å². The summed E-state index contributed by atoms with van der Waals surface area (Å²) in [6.07, 6.45) is 7.70. The second-order valence-electron chi connectivity index (χ2n) is 5.23. The minimum Gasteiger partial charge on any atom is -0.374 e. The molecule has 152 valence electrons. The summed E-state index contributed by atoms with van der Waals surface area (Å²) in [7, 11) is -2.40. The molecule has 2 N–H and O–H groups in total. The average molecular weight is 390 g/mol. The molecule has 0 saturated carbocycles. The Balaban J connectivity index is 0. The monoisotopic (exact) mass is 389 g/mol. The SMILES string of the molecule is CCO[Si](CCCN)(OCC)OCC.O=C=NCCCCCCN=C=O. The molecule has 0 aliphatic heterocycles. The van der Waals surface area contributed by atoms with Gasteiger partial charge >= 0.3 is 8.80 Å². The molecule has 0 heterocycles. The minimum absolute atomic E-state index is 0.556.